The molecule has 0 saturated carbocycles. The second kappa shape index (κ2) is 7.16. The number of amides is 1. The van der Waals surface area contributed by atoms with Gasteiger partial charge in [-0.2, -0.15) is 0 Å². The van der Waals surface area contributed by atoms with E-state index in [1.54, 1.807) is 6.92 Å². The van der Waals surface area contributed by atoms with Gasteiger partial charge in [0, 0.05) is 38.0 Å². The number of anilines is 1. The van der Waals surface area contributed by atoms with Crippen molar-refractivity contribution in [2.45, 2.75) is 46.1 Å². The highest BCUT2D eigenvalue weighted by Gasteiger charge is 2.44. The Labute approximate surface area is 150 Å². The van der Waals surface area contributed by atoms with Crippen molar-refractivity contribution in [2.75, 3.05) is 31.1 Å². The topological polar surface area (TPSA) is 56.7 Å². The molecule has 1 amide bonds. The second-order valence-corrected chi connectivity index (χ2v) is 7.82. The van der Waals surface area contributed by atoms with Crippen LogP contribution in [0.3, 0.4) is 0 Å². The van der Waals surface area contributed by atoms with Gasteiger partial charge in [-0.15, -0.1) is 0 Å². The van der Waals surface area contributed by atoms with Crippen LogP contribution in [-0.4, -0.2) is 47.1 Å². The average Bonchev–Trinajstić information content (AvgIpc) is 2.89. The lowest BCUT2D eigenvalue weighted by Gasteiger charge is -2.39. The zero-order chi connectivity index (χ0) is 18.0. The molecule has 1 aromatic heterocycles. The fraction of sp³-hybridized carbons (Fsp3) is 0.600. The first-order valence-electron chi connectivity index (χ1n) is 9.20. The van der Waals surface area contributed by atoms with E-state index in [2.05, 4.69) is 29.8 Å². The minimum absolute atomic E-state index is 0.130. The Bertz CT molecular complexity index is 657. The first kappa shape index (κ1) is 17.9. The van der Waals surface area contributed by atoms with Crippen LogP contribution in [0.5, 0.6) is 0 Å². The van der Waals surface area contributed by atoms with Crippen LogP contribution in [0.2, 0.25) is 0 Å². The van der Waals surface area contributed by atoms with Gasteiger partial charge >= 0.3 is 0 Å². The van der Waals surface area contributed by atoms with Gasteiger partial charge in [0.15, 0.2) is 0 Å². The van der Waals surface area contributed by atoms with Crippen LogP contribution < -0.4 is 4.90 Å². The van der Waals surface area contributed by atoms with Crippen molar-refractivity contribution < 1.29 is 9.90 Å². The van der Waals surface area contributed by atoms with Crippen molar-refractivity contribution in [3.05, 3.63) is 35.5 Å². The molecule has 1 N–H and O–H groups in total. The van der Waals surface area contributed by atoms with Crippen LogP contribution in [0.25, 0.3) is 0 Å². The number of likely N-dealkylation sites (tertiary alicyclic amines) is 1. The van der Waals surface area contributed by atoms with E-state index in [-0.39, 0.29) is 5.41 Å². The number of aliphatic hydroxyl groups excluding tert-OH is 1. The zero-order valence-electron chi connectivity index (χ0n) is 15.5. The number of nitrogens with zero attached hydrogens (tertiary/aromatic N) is 3. The summed E-state index contributed by atoms with van der Waals surface area (Å²) >= 11 is 0. The number of carbonyl (C=O) groups excluding carboxylic acids is 1. The van der Waals surface area contributed by atoms with Crippen LogP contribution in [0.15, 0.2) is 29.8 Å². The summed E-state index contributed by atoms with van der Waals surface area (Å²) in [6.45, 7) is 9.34. The summed E-state index contributed by atoms with van der Waals surface area (Å²) in [6, 6.07) is 5.82. The molecule has 2 saturated heterocycles. The summed E-state index contributed by atoms with van der Waals surface area (Å²) in [4.78, 5) is 21.2. The fourth-order valence-corrected chi connectivity index (χ4v) is 3.83. The Hall–Kier alpha value is -1.88. The number of aliphatic hydroxyl groups is 1. The lowest BCUT2D eigenvalue weighted by atomic mass is 9.77. The molecule has 3 heterocycles. The highest BCUT2D eigenvalue weighted by molar-refractivity contribution is 5.79. The quantitative estimate of drug-likeness (QED) is 0.854. The summed E-state index contributed by atoms with van der Waals surface area (Å²) in [7, 11) is 0. The van der Waals surface area contributed by atoms with E-state index in [0.717, 1.165) is 44.8 Å². The predicted molar refractivity (Wildman–Crippen MR) is 99.4 cm³/mol. The summed E-state index contributed by atoms with van der Waals surface area (Å²) in [5, 5.41) is 9.73. The van der Waals surface area contributed by atoms with Gasteiger partial charge in [-0.25, -0.2) is 4.98 Å². The highest BCUT2D eigenvalue weighted by atomic mass is 16.3. The third-order valence-corrected chi connectivity index (χ3v) is 5.46. The minimum Gasteiger partial charge on any atom is -0.387 e. The first-order chi connectivity index (χ1) is 11.9. The lowest BCUT2D eigenvalue weighted by Crippen LogP contribution is -2.42. The Balaban J connectivity index is 1.63. The predicted octanol–water partition coefficient (Wildman–Crippen LogP) is 2.92. The average molecular weight is 343 g/mol. The van der Waals surface area contributed by atoms with Gasteiger partial charge in [0.2, 0.25) is 5.91 Å². The number of allylic oxidation sites excluding steroid dienone is 1. The summed E-state index contributed by atoms with van der Waals surface area (Å²) < 4.78 is 0. The van der Waals surface area contributed by atoms with Gasteiger partial charge in [-0.05, 0) is 45.7 Å². The molecule has 2 aliphatic rings. The molecule has 1 unspecified atom stereocenters. The smallest absolute Gasteiger partial charge is 0.223 e. The van der Waals surface area contributed by atoms with Crippen LogP contribution in [0, 0.1) is 5.41 Å². The van der Waals surface area contributed by atoms with Crippen molar-refractivity contribution in [1.82, 2.24) is 9.88 Å². The largest absolute Gasteiger partial charge is 0.387 e. The number of aromatic nitrogens is 1. The van der Waals surface area contributed by atoms with Gasteiger partial charge in [0.1, 0.15) is 5.82 Å². The van der Waals surface area contributed by atoms with Crippen LogP contribution in [-0.2, 0) is 4.79 Å². The van der Waals surface area contributed by atoms with Crippen molar-refractivity contribution in [3.8, 4) is 0 Å². The molecule has 0 bridgehead atoms. The van der Waals surface area contributed by atoms with E-state index in [1.165, 1.54) is 5.57 Å². The Morgan fingerprint density at radius 3 is 2.72 bits per heavy atom. The third kappa shape index (κ3) is 4.03. The second-order valence-electron chi connectivity index (χ2n) is 7.82. The molecule has 1 spiro atoms. The number of rotatable bonds is 4. The molecule has 5 heteroatoms. The molecule has 25 heavy (non-hydrogen) atoms. The highest BCUT2D eigenvalue weighted by Crippen LogP contribution is 2.41. The Kier molecular flexibility index (Phi) is 5.13. The molecular weight excluding hydrogens is 314 g/mol. The SMILES string of the molecule is CC(C)=CCN1CC2(CCN(c3cccc(C(C)O)n3)CC2)CC1=O. The number of carbonyl (C=O) groups is 1. The molecule has 3 rings (SSSR count). The van der Waals surface area contributed by atoms with E-state index in [4.69, 9.17) is 0 Å². The number of pyridine rings is 1. The summed E-state index contributed by atoms with van der Waals surface area (Å²) in [5.74, 6) is 1.22. The molecule has 2 fully saturated rings. The molecule has 2 aliphatic heterocycles. The molecule has 1 atom stereocenters. The lowest BCUT2D eigenvalue weighted by molar-refractivity contribution is -0.127. The molecule has 0 radical (unpaired) electrons. The molecular formula is C20H29N3O2. The molecule has 1 aromatic rings. The van der Waals surface area contributed by atoms with E-state index >= 15 is 0 Å². The van der Waals surface area contributed by atoms with Gasteiger partial charge in [-0.3, -0.25) is 4.79 Å². The standard InChI is InChI=1S/C20H29N3O2/c1-15(2)7-10-23-14-20(13-19(23)25)8-11-22(12-9-20)18-6-4-5-17(21-18)16(3)24/h4-7,16,24H,8-14H2,1-3H3. The van der Waals surface area contributed by atoms with Crippen LogP contribution in [0.4, 0.5) is 5.82 Å². The van der Waals surface area contributed by atoms with Gasteiger partial charge in [-0.1, -0.05) is 17.7 Å². The normalized spacial score (nSPS) is 20.9. The van der Waals surface area contributed by atoms with Gasteiger partial charge < -0.3 is 14.9 Å². The van der Waals surface area contributed by atoms with Crippen LogP contribution >= 0.6 is 0 Å². The molecule has 136 valence electrons. The number of hydrogen-bond donors (Lipinski definition) is 1. The Morgan fingerprint density at radius 2 is 2.08 bits per heavy atom. The maximum Gasteiger partial charge on any atom is 0.223 e. The van der Waals surface area contributed by atoms with Crippen LogP contribution in [0.1, 0.15) is 51.8 Å². The Morgan fingerprint density at radius 1 is 1.36 bits per heavy atom. The van der Waals surface area contributed by atoms with E-state index in [1.807, 2.05) is 23.1 Å². The maximum absolute atomic E-state index is 12.4. The van der Waals surface area contributed by atoms with Gasteiger partial charge in [0.25, 0.3) is 0 Å². The fourth-order valence-electron chi connectivity index (χ4n) is 3.83. The van der Waals surface area contributed by atoms with Crippen molar-refractivity contribution in [1.29, 1.82) is 0 Å². The van der Waals surface area contributed by atoms with Crippen molar-refractivity contribution >= 4 is 11.7 Å². The van der Waals surface area contributed by atoms with Crippen molar-refractivity contribution in [3.63, 3.8) is 0 Å². The summed E-state index contributed by atoms with van der Waals surface area (Å²) in [5.41, 5.74) is 2.10. The number of piperidine rings is 1. The monoisotopic (exact) mass is 343 g/mol. The third-order valence-electron chi connectivity index (χ3n) is 5.46. The van der Waals surface area contributed by atoms with Crippen molar-refractivity contribution in [2.24, 2.45) is 5.41 Å². The van der Waals surface area contributed by atoms with E-state index in [9.17, 15) is 9.90 Å². The van der Waals surface area contributed by atoms with Gasteiger partial charge in [0.05, 0.1) is 11.8 Å². The molecule has 0 aliphatic carbocycles. The first-order valence-corrected chi connectivity index (χ1v) is 9.20. The molecule has 0 aromatic carbocycles. The maximum atomic E-state index is 12.4. The molecule has 5 nitrogen and oxygen atoms in total. The van der Waals surface area contributed by atoms with E-state index in [0.29, 0.717) is 18.0 Å². The summed E-state index contributed by atoms with van der Waals surface area (Å²) in [6.07, 6.45) is 4.30. The zero-order valence-corrected chi connectivity index (χ0v) is 15.5. The van der Waals surface area contributed by atoms with E-state index < -0.39 is 6.10 Å². The number of hydrogen-bond acceptors (Lipinski definition) is 4. The minimum atomic E-state index is -0.549.